The largest absolute Gasteiger partial charge is 0.352 e. The lowest BCUT2D eigenvalue weighted by Gasteiger charge is -2.43. The lowest BCUT2D eigenvalue weighted by Crippen LogP contribution is -2.57. The second-order valence-electron chi connectivity index (χ2n) is 8.18. The van der Waals surface area contributed by atoms with Gasteiger partial charge in [0.25, 0.3) is 0 Å². The van der Waals surface area contributed by atoms with E-state index in [0.29, 0.717) is 6.54 Å². The average Bonchev–Trinajstić information content (AvgIpc) is 2.45. The van der Waals surface area contributed by atoms with E-state index >= 15 is 0 Å². The van der Waals surface area contributed by atoms with Gasteiger partial charge in [0.15, 0.2) is 11.7 Å². The summed E-state index contributed by atoms with van der Waals surface area (Å²) in [7, 11) is 0. The molecule has 1 saturated heterocycles. The van der Waals surface area contributed by atoms with E-state index in [2.05, 4.69) is 40.9 Å². The number of guanidine groups is 1. The van der Waals surface area contributed by atoms with Crippen LogP contribution in [0.4, 0.5) is 0 Å². The first-order valence-corrected chi connectivity index (χ1v) is 8.14. The molecule has 0 spiro atoms. The van der Waals surface area contributed by atoms with Gasteiger partial charge in [0, 0.05) is 55.5 Å². The van der Waals surface area contributed by atoms with Gasteiger partial charge >= 0.3 is 0 Å². The van der Waals surface area contributed by atoms with E-state index in [4.69, 9.17) is 0 Å². The third-order valence-electron chi connectivity index (χ3n) is 4.28. The molecule has 2 aliphatic rings. The standard InChI is InChI=1S/C17H30N4O/c1-16(2,3)14(22)13-11-18-15(19-12-13)20-7-9-21(10-8-20)17(4,5)6/h11H,7-10,12H2,1-6H3,(H,18,19). The van der Waals surface area contributed by atoms with Gasteiger partial charge in [-0.05, 0) is 20.8 Å². The van der Waals surface area contributed by atoms with Crippen molar-refractivity contribution in [3.8, 4) is 0 Å². The Kier molecular flexibility index (Phi) is 4.66. The van der Waals surface area contributed by atoms with Crippen molar-refractivity contribution in [3.63, 3.8) is 0 Å². The molecule has 2 heterocycles. The maximum Gasteiger partial charge on any atom is 0.198 e. The van der Waals surface area contributed by atoms with E-state index in [1.54, 1.807) is 6.20 Å². The van der Waals surface area contributed by atoms with Crippen LogP contribution in [0.1, 0.15) is 41.5 Å². The number of Topliss-reactive ketones (excluding diaryl/α,β-unsaturated/α-hetero) is 1. The average molecular weight is 306 g/mol. The third kappa shape index (κ3) is 3.88. The molecule has 0 radical (unpaired) electrons. The number of carbonyl (C=O) groups is 1. The van der Waals surface area contributed by atoms with Crippen LogP contribution in [0.5, 0.6) is 0 Å². The van der Waals surface area contributed by atoms with Gasteiger partial charge in [0.2, 0.25) is 0 Å². The highest BCUT2D eigenvalue weighted by atomic mass is 16.1. The third-order valence-corrected chi connectivity index (χ3v) is 4.28. The predicted molar refractivity (Wildman–Crippen MR) is 90.9 cm³/mol. The van der Waals surface area contributed by atoms with Crippen LogP contribution in [0.2, 0.25) is 0 Å². The van der Waals surface area contributed by atoms with Gasteiger partial charge in [-0.2, -0.15) is 0 Å². The van der Waals surface area contributed by atoms with Gasteiger partial charge in [0.05, 0.1) is 0 Å². The van der Waals surface area contributed by atoms with Crippen LogP contribution in [0.3, 0.4) is 0 Å². The zero-order valence-electron chi connectivity index (χ0n) is 14.9. The molecule has 2 rings (SSSR count). The molecule has 1 N–H and O–H groups in total. The van der Waals surface area contributed by atoms with Crippen LogP contribution in [0, 0.1) is 5.41 Å². The quantitative estimate of drug-likeness (QED) is 0.803. The fraction of sp³-hybridized carbons (Fsp3) is 0.765. The number of hydrogen-bond donors (Lipinski definition) is 1. The molecule has 0 atom stereocenters. The fourth-order valence-electron chi connectivity index (χ4n) is 2.81. The Morgan fingerprint density at radius 2 is 1.68 bits per heavy atom. The number of ketones is 1. The van der Waals surface area contributed by atoms with Crippen molar-refractivity contribution < 1.29 is 4.79 Å². The number of carbonyl (C=O) groups excluding carboxylic acids is 1. The number of hydrogen-bond acceptors (Lipinski definition) is 5. The van der Waals surface area contributed by atoms with Crippen LogP contribution in [0.15, 0.2) is 16.8 Å². The summed E-state index contributed by atoms with van der Waals surface area (Å²) in [5.74, 6) is 1.07. The molecular formula is C17H30N4O. The molecule has 0 amide bonds. The number of piperazine rings is 1. The first kappa shape index (κ1) is 17.0. The molecule has 5 nitrogen and oxygen atoms in total. The van der Waals surface area contributed by atoms with E-state index in [1.807, 2.05) is 20.8 Å². The van der Waals surface area contributed by atoms with E-state index in [0.717, 1.165) is 37.7 Å². The minimum atomic E-state index is -0.348. The second kappa shape index (κ2) is 6.03. The summed E-state index contributed by atoms with van der Waals surface area (Å²) in [5, 5.41) is 3.31. The lowest BCUT2D eigenvalue weighted by molar-refractivity contribution is -0.122. The molecule has 0 aromatic rings. The summed E-state index contributed by atoms with van der Waals surface area (Å²) in [5.41, 5.74) is 0.642. The van der Waals surface area contributed by atoms with Gasteiger partial charge in [0.1, 0.15) is 0 Å². The SMILES string of the molecule is CC(C)(C)C(=O)C1=CN=C(N2CCN(C(C)(C)C)CC2)NC1. The Bertz CT molecular complexity index is 486. The zero-order chi connectivity index (χ0) is 16.5. The van der Waals surface area contributed by atoms with Crippen molar-refractivity contribution in [2.75, 3.05) is 32.7 Å². The van der Waals surface area contributed by atoms with E-state index in [9.17, 15) is 4.79 Å². The molecule has 0 bridgehead atoms. The maximum absolute atomic E-state index is 12.3. The molecule has 124 valence electrons. The molecular weight excluding hydrogens is 276 g/mol. The van der Waals surface area contributed by atoms with Crippen LogP contribution < -0.4 is 5.32 Å². The summed E-state index contributed by atoms with van der Waals surface area (Å²) >= 11 is 0. The number of aliphatic imine (C=N–C) groups is 1. The maximum atomic E-state index is 12.3. The number of rotatable bonds is 1. The molecule has 2 aliphatic heterocycles. The highest BCUT2D eigenvalue weighted by Gasteiger charge is 2.29. The first-order chi connectivity index (χ1) is 10.1. The molecule has 5 heteroatoms. The van der Waals surface area contributed by atoms with Crippen LogP contribution in [-0.4, -0.2) is 59.8 Å². The molecule has 0 unspecified atom stereocenters. The Hall–Kier alpha value is -1.36. The summed E-state index contributed by atoms with van der Waals surface area (Å²) in [6, 6.07) is 0. The molecule has 1 fully saturated rings. The van der Waals surface area contributed by atoms with Crippen molar-refractivity contribution in [1.29, 1.82) is 0 Å². The van der Waals surface area contributed by atoms with E-state index in [-0.39, 0.29) is 16.7 Å². The van der Waals surface area contributed by atoms with Crippen molar-refractivity contribution in [3.05, 3.63) is 11.8 Å². The Balaban J connectivity index is 1.98. The smallest absolute Gasteiger partial charge is 0.198 e. The van der Waals surface area contributed by atoms with Gasteiger partial charge < -0.3 is 10.2 Å². The Labute approximate surface area is 134 Å². The number of nitrogens with one attached hydrogen (secondary N) is 1. The molecule has 0 aromatic heterocycles. The monoisotopic (exact) mass is 306 g/mol. The van der Waals surface area contributed by atoms with Gasteiger partial charge in [-0.15, -0.1) is 0 Å². The van der Waals surface area contributed by atoms with Crippen molar-refractivity contribution >= 4 is 11.7 Å². The second-order valence-corrected chi connectivity index (χ2v) is 8.18. The lowest BCUT2D eigenvalue weighted by atomic mass is 9.86. The van der Waals surface area contributed by atoms with Crippen molar-refractivity contribution in [2.45, 2.75) is 47.1 Å². The van der Waals surface area contributed by atoms with E-state index in [1.165, 1.54) is 0 Å². The van der Waals surface area contributed by atoms with Crippen LogP contribution in [-0.2, 0) is 4.79 Å². The van der Waals surface area contributed by atoms with E-state index < -0.39 is 0 Å². The normalized spacial score (nSPS) is 21.1. The van der Waals surface area contributed by atoms with Gasteiger partial charge in [-0.25, -0.2) is 4.99 Å². The minimum Gasteiger partial charge on any atom is -0.352 e. The van der Waals surface area contributed by atoms with Crippen LogP contribution >= 0.6 is 0 Å². The fourth-order valence-corrected chi connectivity index (χ4v) is 2.81. The first-order valence-electron chi connectivity index (χ1n) is 8.14. The Morgan fingerprint density at radius 1 is 1.09 bits per heavy atom. The minimum absolute atomic E-state index is 0.167. The summed E-state index contributed by atoms with van der Waals surface area (Å²) < 4.78 is 0. The van der Waals surface area contributed by atoms with Crippen LogP contribution in [0.25, 0.3) is 0 Å². The summed E-state index contributed by atoms with van der Waals surface area (Å²) in [6.07, 6.45) is 1.75. The van der Waals surface area contributed by atoms with Crippen molar-refractivity contribution in [2.24, 2.45) is 10.4 Å². The summed E-state index contributed by atoms with van der Waals surface area (Å²) in [4.78, 5) is 21.5. The van der Waals surface area contributed by atoms with Gasteiger partial charge in [-0.3, -0.25) is 9.69 Å². The topological polar surface area (TPSA) is 47.9 Å². The molecule has 22 heavy (non-hydrogen) atoms. The highest BCUT2D eigenvalue weighted by molar-refractivity contribution is 6.01. The zero-order valence-corrected chi connectivity index (χ0v) is 14.9. The summed E-state index contributed by atoms with van der Waals surface area (Å²) in [6.45, 7) is 17.2. The van der Waals surface area contributed by atoms with Crippen molar-refractivity contribution in [1.82, 2.24) is 15.1 Å². The van der Waals surface area contributed by atoms with Gasteiger partial charge in [-0.1, -0.05) is 20.8 Å². The molecule has 0 aromatic carbocycles. The Morgan fingerprint density at radius 3 is 2.09 bits per heavy atom. The highest BCUT2D eigenvalue weighted by Crippen LogP contribution is 2.21. The predicted octanol–water partition coefficient (Wildman–Crippen LogP) is 1.86. The molecule has 0 saturated carbocycles. The number of nitrogens with zero attached hydrogens (tertiary/aromatic N) is 3. The molecule has 0 aliphatic carbocycles.